The minimum Gasteiger partial charge on any atom is -0.481 e. The van der Waals surface area contributed by atoms with E-state index in [1.165, 1.54) is 6.92 Å². The van der Waals surface area contributed by atoms with Crippen molar-refractivity contribution in [2.75, 3.05) is 19.8 Å². The van der Waals surface area contributed by atoms with Gasteiger partial charge in [0.2, 0.25) is 0 Å². The summed E-state index contributed by atoms with van der Waals surface area (Å²) in [4.78, 5) is 9.37. The SMILES string of the molecule is C=CCOCC=C.CC(O)CO.CCC(=O)O. The summed E-state index contributed by atoms with van der Waals surface area (Å²) >= 11 is 0. The molecule has 0 aromatic carbocycles. The molecular weight excluding hydrogens is 224 g/mol. The second kappa shape index (κ2) is 20.3. The van der Waals surface area contributed by atoms with E-state index in [9.17, 15) is 4.79 Å². The summed E-state index contributed by atoms with van der Waals surface area (Å²) < 4.78 is 4.90. The molecule has 0 radical (unpaired) electrons. The fourth-order valence-electron chi connectivity index (χ4n) is 0.235. The second-order valence-corrected chi connectivity index (χ2v) is 2.89. The first-order valence-electron chi connectivity index (χ1n) is 5.26. The zero-order chi connectivity index (χ0) is 14.1. The first kappa shape index (κ1) is 21.1. The predicted octanol–water partition coefficient (Wildman–Crippen LogP) is 1.22. The van der Waals surface area contributed by atoms with Crippen molar-refractivity contribution in [2.45, 2.75) is 26.4 Å². The van der Waals surface area contributed by atoms with Crippen LogP contribution in [0, 0.1) is 0 Å². The molecule has 0 rings (SSSR count). The Bertz CT molecular complexity index is 170. The van der Waals surface area contributed by atoms with Crippen molar-refractivity contribution in [3.8, 4) is 0 Å². The van der Waals surface area contributed by atoms with Crippen molar-refractivity contribution in [1.29, 1.82) is 0 Å². The Labute approximate surface area is 103 Å². The molecule has 0 aliphatic heterocycles. The van der Waals surface area contributed by atoms with E-state index in [0.29, 0.717) is 13.2 Å². The maximum Gasteiger partial charge on any atom is 0.303 e. The number of carbonyl (C=O) groups is 1. The van der Waals surface area contributed by atoms with Gasteiger partial charge in [-0.25, -0.2) is 0 Å². The zero-order valence-electron chi connectivity index (χ0n) is 10.6. The average molecular weight is 248 g/mol. The van der Waals surface area contributed by atoms with Gasteiger partial charge in [-0.15, -0.1) is 13.2 Å². The van der Waals surface area contributed by atoms with Gasteiger partial charge in [0.15, 0.2) is 0 Å². The molecule has 1 unspecified atom stereocenters. The third-order valence-electron chi connectivity index (χ3n) is 1.04. The predicted molar refractivity (Wildman–Crippen MR) is 67.9 cm³/mol. The Hall–Kier alpha value is -1.17. The van der Waals surface area contributed by atoms with E-state index in [1.807, 2.05) is 0 Å². The lowest BCUT2D eigenvalue weighted by Gasteiger charge is -1.90. The number of ether oxygens (including phenoxy) is 1. The Morgan fingerprint density at radius 2 is 1.65 bits per heavy atom. The molecule has 5 heteroatoms. The van der Waals surface area contributed by atoms with E-state index < -0.39 is 12.1 Å². The standard InChI is InChI=1S/C6H10O.C3H8O2.C3H6O2/c1-3-5-7-6-4-2;1-3(5)2-4;1-2-3(4)5/h3-4H,1-2,5-6H2;3-5H,2H2,1H3;2H2,1H3,(H,4,5). The maximum absolute atomic E-state index is 9.37. The van der Waals surface area contributed by atoms with E-state index in [1.54, 1.807) is 19.1 Å². The molecule has 0 heterocycles. The van der Waals surface area contributed by atoms with Crippen LogP contribution in [-0.2, 0) is 9.53 Å². The number of rotatable bonds is 6. The molecule has 0 bridgehead atoms. The molecule has 0 aliphatic carbocycles. The molecule has 102 valence electrons. The molecule has 0 aromatic rings. The minimum atomic E-state index is -0.745. The highest BCUT2D eigenvalue weighted by atomic mass is 16.5. The molecule has 0 aromatic heterocycles. The summed E-state index contributed by atoms with van der Waals surface area (Å²) in [7, 11) is 0. The summed E-state index contributed by atoms with van der Waals surface area (Å²) in [5.74, 6) is -0.745. The van der Waals surface area contributed by atoms with Crippen molar-refractivity contribution in [2.24, 2.45) is 0 Å². The van der Waals surface area contributed by atoms with Crippen molar-refractivity contribution < 1.29 is 24.9 Å². The Morgan fingerprint density at radius 3 is 1.76 bits per heavy atom. The number of carboxylic acids is 1. The van der Waals surface area contributed by atoms with Gasteiger partial charge < -0.3 is 20.1 Å². The van der Waals surface area contributed by atoms with Gasteiger partial charge in [-0.1, -0.05) is 19.1 Å². The molecule has 1 atom stereocenters. The largest absolute Gasteiger partial charge is 0.481 e. The van der Waals surface area contributed by atoms with Crippen LogP contribution >= 0.6 is 0 Å². The van der Waals surface area contributed by atoms with Crippen LogP contribution < -0.4 is 0 Å². The van der Waals surface area contributed by atoms with Crippen LogP contribution in [0.15, 0.2) is 25.3 Å². The van der Waals surface area contributed by atoms with E-state index in [-0.39, 0.29) is 13.0 Å². The topological polar surface area (TPSA) is 87.0 Å². The summed E-state index contributed by atoms with van der Waals surface area (Å²) in [5.41, 5.74) is 0. The summed E-state index contributed by atoms with van der Waals surface area (Å²) in [5, 5.41) is 23.7. The number of hydrogen-bond acceptors (Lipinski definition) is 4. The first-order chi connectivity index (χ1) is 7.95. The maximum atomic E-state index is 9.37. The van der Waals surface area contributed by atoms with Crippen LogP contribution in [0.25, 0.3) is 0 Å². The lowest BCUT2D eigenvalue weighted by molar-refractivity contribution is -0.136. The van der Waals surface area contributed by atoms with Gasteiger partial charge in [-0.05, 0) is 6.92 Å². The van der Waals surface area contributed by atoms with E-state index >= 15 is 0 Å². The van der Waals surface area contributed by atoms with Gasteiger partial charge in [0.25, 0.3) is 0 Å². The molecule has 0 aliphatic rings. The lowest BCUT2D eigenvalue weighted by atomic mass is 10.5. The first-order valence-corrected chi connectivity index (χ1v) is 5.26. The lowest BCUT2D eigenvalue weighted by Crippen LogP contribution is -2.03. The molecular formula is C12H24O5. The van der Waals surface area contributed by atoms with Gasteiger partial charge in [-0.2, -0.15) is 0 Å². The molecule has 5 nitrogen and oxygen atoms in total. The summed E-state index contributed by atoms with van der Waals surface area (Å²) in [6.45, 7) is 11.2. The normalized spacial score (nSPS) is 9.88. The third kappa shape index (κ3) is 52.3. The quantitative estimate of drug-likeness (QED) is 0.486. The van der Waals surface area contributed by atoms with Crippen molar-refractivity contribution in [3.05, 3.63) is 25.3 Å². The minimum absolute atomic E-state index is 0.139. The Kier molecular flexibility index (Phi) is 25.2. The fraction of sp³-hybridized carbons (Fsp3) is 0.583. The monoisotopic (exact) mass is 248 g/mol. The molecule has 0 fully saturated rings. The third-order valence-corrected chi connectivity index (χ3v) is 1.04. The summed E-state index contributed by atoms with van der Waals surface area (Å²) in [6, 6.07) is 0. The fourth-order valence-corrected chi connectivity index (χ4v) is 0.235. The highest BCUT2D eigenvalue weighted by Crippen LogP contribution is 1.72. The Morgan fingerprint density at radius 1 is 1.35 bits per heavy atom. The second-order valence-electron chi connectivity index (χ2n) is 2.89. The van der Waals surface area contributed by atoms with E-state index in [0.717, 1.165) is 0 Å². The van der Waals surface area contributed by atoms with Crippen molar-refractivity contribution >= 4 is 5.97 Å². The molecule has 17 heavy (non-hydrogen) atoms. The molecule has 0 spiro atoms. The van der Waals surface area contributed by atoms with Crippen molar-refractivity contribution in [3.63, 3.8) is 0 Å². The number of aliphatic carboxylic acids is 1. The highest BCUT2D eigenvalue weighted by Gasteiger charge is 1.83. The smallest absolute Gasteiger partial charge is 0.303 e. The number of hydrogen-bond donors (Lipinski definition) is 3. The van der Waals surface area contributed by atoms with Crippen LogP contribution in [0.5, 0.6) is 0 Å². The van der Waals surface area contributed by atoms with E-state index in [4.69, 9.17) is 20.1 Å². The summed E-state index contributed by atoms with van der Waals surface area (Å²) in [6.07, 6.45) is 3.09. The van der Waals surface area contributed by atoms with Gasteiger partial charge in [-0.3, -0.25) is 4.79 Å². The van der Waals surface area contributed by atoms with Crippen LogP contribution in [0.2, 0.25) is 0 Å². The zero-order valence-corrected chi connectivity index (χ0v) is 10.6. The Balaban J connectivity index is -0.000000177. The van der Waals surface area contributed by atoms with Crippen LogP contribution in [0.4, 0.5) is 0 Å². The van der Waals surface area contributed by atoms with Crippen LogP contribution in [0.1, 0.15) is 20.3 Å². The number of carboxylic acid groups (broad SMARTS) is 1. The van der Waals surface area contributed by atoms with Gasteiger partial charge in [0.05, 0.1) is 25.9 Å². The van der Waals surface area contributed by atoms with Crippen LogP contribution in [-0.4, -0.2) is 47.2 Å². The molecule has 0 saturated heterocycles. The van der Waals surface area contributed by atoms with Gasteiger partial charge in [0, 0.05) is 6.42 Å². The van der Waals surface area contributed by atoms with Crippen molar-refractivity contribution in [1.82, 2.24) is 0 Å². The number of aliphatic hydroxyl groups is 2. The molecule has 0 amide bonds. The molecule has 3 N–H and O–H groups in total. The van der Waals surface area contributed by atoms with E-state index in [2.05, 4.69) is 13.2 Å². The van der Waals surface area contributed by atoms with Gasteiger partial charge >= 0.3 is 5.97 Å². The van der Waals surface area contributed by atoms with Crippen LogP contribution in [0.3, 0.4) is 0 Å². The van der Waals surface area contributed by atoms with Gasteiger partial charge in [0.1, 0.15) is 0 Å². The number of aliphatic hydroxyl groups excluding tert-OH is 2. The highest BCUT2D eigenvalue weighted by molar-refractivity contribution is 5.66. The molecule has 0 saturated carbocycles. The average Bonchev–Trinajstić information content (AvgIpc) is 2.31.